The topological polar surface area (TPSA) is 172 Å². The van der Waals surface area contributed by atoms with E-state index in [2.05, 4.69) is 21.3 Å². The summed E-state index contributed by atoms with van der Waals surface area (Å²) in [5.41, 5.74) is 6.29. The first-order valence-electron chi connectivity index (χ1n) is 15.6. The van der Waals surface area contributed by atoms with E-state index in [0.29, 0.717) is 42.9 Å². The first-order chi connectivity index (χ1) is 20.9. The summed E-state index contributed by atoms with van der Waals surface area (Å²) in [6.07, 6.45) is 3.77. The molecular weight excluding hydrogens is 601 g/mol. The van der Waals surface area contributed by atoms with Gasteiger partial charge in [-0.25, -0.2) is 0 Å². The average Bonchev–Trinajstić information content (AvgIpc) is 3.45. The van der Waals surface area contributed by atoms with E-state index in [1.165, 1.54) is 11.8 Å². The molecule has 0 radical (unpaired) electrons. The monoisotopic (exact) mass is 648 g/mol. The summed E-state index contributed by atoms with van der Waals surface area (Å²) in [5, 5.41) is 11.5. The number of aromatic nitrogens is 1. The van der Waals surface area contributed by atoms with Gasteiger partial charge in [0.1, 0.15) is 23.7 Å². The van der Waals surface area contributed by atoms with Crippen molar-refractivity contribution in [2.75, 3.05) is 11.5 Å². The largest absolute Gasteiger partial charge is 0.368 e. The van der Waals surface area contributed by atoms with Crippen molar-refractivity contribution < 1.29 is 24.0 Å². The van der Waals surface area contributed by atoms with Crippen LogP contribution >= 0.6 is 23.5 Å². The highest BCUT2D eigenvalue weighted by Crippen LogP contribution is 2.31. The third-order valence-corrected chi connectivity index (χ3v) is 10.2. The van der Waals surface area contributed by atoms with Crippen LogP contribution in [0.15, 0.2) is 18.2 Å². The molecule has 1 aromatic heterocycles. The molecule has 0 unspecified atom stereocenters. The minimum atomic E-state index is -1.08. The van der Waals surface area contributed by atoms with Gasteiger partial charge < -0.3 is 27.0 Å². The van der Waals surface area contributed by atoms with Crippen molar-refractivity contribution in [3.8, 4) is 0 Å². The van der Waals surface area contributed by atoms with E-state index in [9.17, 15) is 24.0 Å². The van der Waals surface area contributed by atoms with E-state index in [-0.39, 0.29) is 35.8 Å². The lowest BCUT2D eigenvalue weighted by atomic mass is 9.93. The van der Waals surface area contributed by atoms with Crippen molar-refractivity contribution in [2.45, 2.75) is 108 Å². The molecule has 2 bridgehead atoms. The number of pyridine rings is 1. The Labute approximate surface area is 269 Å². The molecule has 1 fully saturated rings. The van der Waals surface area contributed by atoms with E-state index in [1.54, 1.807) is 11.8 Å². The fraction of sp³-hybridized carbons (Fsp3) is 0.677. The highest BCUT2D eigenvalue weighted by atomic mass is 32.2. The number of rotatable bonds is 5. The quantitative estimate of drug-likeness (QED) is 0.324. The molecule has 244 valence electrons. The lowest BCUT2D eigenvalue weighted by molar-refractivity contribution is -0.137. The summed E-state index contributed by atoms with van der Waals surface area (Å²) >= 11 is 3.02. The van der Waals surface area contributed by atoms with Crippen LogP contribution in [0.5, 0.6) is 0 Å². The first kappa shape index (κ1) is 35.7. The third kappa shape index (κ3) is 10.4. The van der Waals surface area contributed by atoms with E-state index < -0.39 is 41.4 Å². The van der Waals surface area contributed by atoms with Crippen molar-refractivity contribution in [1.29, 1.82) is 0 Å². The van der Waals surface area contributed by atoms with Crippen molar-refractivity contribution in [2.24, 2.45) is 17.6 Å². The van der Waals surface area contributed by atoms with E-state index in [4.69, 9.17) is 10.7 Å². The number of nitrogens with one attached hydrogen (secondary N) is 4. The average molecular weight is 649 g/mol. The first-order valence-corrected chi connectivity index (χ1v) is 17.9. The number of primary amides is 1. The van der Waals surface area contributed by atoms with Gasteiger partial charge in [0.25, 0.3) is 0 Å². The van der Waals surface area contributed by atoms with Crippen molar-refractivity contribution in [3.05, 3.63) is 29.6 Å². The van der Waals surface area contributed by atoms with Gasteiger partial charge >= 0.3 is 0 Å². The molecule has 0 saturated heterocycles. The van der Waals surface area contributed by atoms with Crippen LogP contribution in [-0.4, -0.2) is 69.7 Å². The molecule has 13 heteroatoms. The van der Waals surface area contributed by atoms with Crippen molar-refractivity contribution in [1.82, 2.24) is 26.3 Å². The van der Waals surface area contributed by atoms with Gasteiger partial charge in [0, 0.05) is 29.4 Å². The Morgan fingerprint density at radius 2 is 1.66 bits per heavy atom. The standard InChI is InChI=1S/C31H48N6O5S2/c1-5-20(4)26-29(41)34-24(27(32)39)18-44-17-22-10-8-9-21(33-22)16-43-14-11-25(38)37-31(12-6-7-13-31)30(42)35-23(15-19(2)3)28(40)36-26/h8-10,19-20,23-24,26H,5-7,11-18H2,1-4H3,(H2,32,39)(H,34,41)(H,35,42)(H,36,40)(H,37,38)/t20-,23-,24-,26-/m0/s1. The SMILES string of the molecule is CC[C@H](C)[C@@H]1NC(=O)[C@H](CC(C)C)NC(=O)C2(CCCC2)NC(=O)CCSCc2cccc(n2)CSC[C@@H](C(N)=O)NC1=O. The Morgan fingerprint density at radius 1 is 1.00 bits per heavy atom. The molecule has 1 aliphatic heterocycles. The summed E-state index contributed by atoms with van der Waals surface area (Å²) in [6.45, 7) is 7.66. The molecule has 1 aromatic rings. The van der Waals surface area contributed by atoms with Gasteiger partial charge in [0.2, 0.25) is 29.5 Å². The molecule has 1 aliphatic carbocycles. The Hall–Kier alpha value is -2.80. The second-order valence-electron chi connectivity index (χ2n) is 12.3. The molecule has 2 heterocycles. The van der Waals surface area contributed by atoms with Crippen LogP contribution in [0.4, 0.5) is 0 Å². The van der Waals surface area contributed by atoms with Crippen LogP contribution in [-0.2, 0) is 35.5 Å². The molecule has 4 atom stereocenters. The fourth-order valence-electron chi connectivity index (χ4n) is 5.44. The zero-order valence-electron chi connectivity index (χ0n) is 26.3. The number of fused-ring (bicyclic) bond motifs is 2. The summed E-state index contributed by atoms with van der Waals surface area (Å²) in [7, 11) is 0. The normalized spacial score (nSPS) is 25.2. The maximum atomic E-state index is 13.8. The molecule has 1 saturated carbocycles. The fourth-order valence-corrected chi connectivity index (χ4v) is 7.26. The van der Waals surface area contributed by atoms with Gasteiger partial charge in [-0.05, 0) is 43.2 Å². The summed E-state index contributed by atoms with van der Waals surface area (Å²) in [5.74, 6) is -0.471. The molecular formula is C31H48N6O5S2. The molecule has 5 amide bonds. The number of thioether (sulfide) groups is 2. The lowest BCUT2D eigenvalue weighted by Crippen LogP contribution is -2.62. The molecule has 1 spiro atoms. The van der Waals surface area contributed by atoms with Gasteiger partial charge in [-0.15, -0.1) is 0 Å². The number of nitrogens with two attached hydrogens (primary N) is 1. The maximum Gasteiger partial charge on any atom is 0.246 e. The molecule has 2 aliphatic rings. The van der Waals surface area contributed by atoms with Crippen LogP contribution in [0.2, 0.25) is 0 Å². The molecule has 44 heavy (non-hydrogen) atoms. The van der Waals surface area contributed by atoms with Gasteiger partial charge in [-0.1, -0.05) is 53.0 Å². The van der Waals surface area contributed by atoms with Crippen molar-refractivity contribution in [3.63, 3.8) is 0 Å². The summed E-state index contributed by atoms with van der Waals surface area (Å²) < 4.78 is 0. The second-order valence-corrected chi connectivity index (χ2v) is 14.4. The molecule has 3 rings (SSSR count). The summed E-state index contributed by atoms with van der Waals surface area (Å²) in [6, 6.07) is 2.96. The molecule has 0 aromatic carbocycles. The number of nitrogens with zero attached hydrogens (tertiary/aromatic N) is 1. The van der Waals surface area contributed by atoms with Crippen molar-refractivity contribution >= 4 is 53.1 Å². The van der Waals surface area contributed by atoms with E-state index in [0.717, 1.165) is 24.2 Å². The number of hydrogen-bond donors (Lipinski definition) is 5. The Morgan fingerprint density at radius 3 is 2.27 bits per heavy atom. The zero-order valence-corrected chi connectivity index (χ0v) is 27.9. The Bertz CT molecular complexity index is 1180. The Balaban J connectivity index is 1.91. The van der Waals surface area contributed by atoms with Gasteiger partial charge in [0.15, 0.2) is 0 Å². The van der Waals surface area contributed by atoms with E-state index >= 15 is 0 Å². The highest BCUT2D eigenvalue weighted by molar-refractivity contribution is 7.98. The predicted octanol–water partition coefficient (Wildman–Crippen LogP) is 2.41. The lowest BCUT2D eigenvalue weighted by Gasteiger charge is -2.32. The zero-order chi connectivity index (χ0) is 32.3. The van der Waals surface area contributed by atoms with Crippen LogP contribution in [0.1, 0.15) is 84.0 Å². The van der Waals surface area contributed by atoms with Crippen LogP contribution in [0.3, 0.4) is 0 Å². The third-order valence-electron chi connectivity index (χ3n) is 8.17. The molecule has 11 nitrogen and oxygen atoms in total. The van der Waals surface area contributed by atoms with Crippen LogP contribution in [0.25, 0.3) is 0 Å². The van der Waals surface area contributed by atoms with E-state index in [1.807, 2.05) is 45.9 Å². The number of hydrogen-bond acceptors (Lipinski definition) is 8. The van der Waals surface area contributed by atoms with Crippen LogP contribution in [0, 0.1) is 11.8 Å². The predicted molar refractivity (Wildman–Crippen MR) is 174 cm³/mol. The maximum absolute atomic E-state index is 13.8. The minimum Gasteiger partial charge on any atom is -0.368 e. The van der Waals surface area contributed by atoms with Gasteiger partial charge in [-0.2, -0.15) is 23.5 Å². The number of amides is 5. The van der Waals surface area contributed by atoms with Gasteiger partial charge in [-0.3, -0.25) is 29.0 Å². The second kappa shape index (κ2) is 17.0. The highest BCUT2D eigenvalue weighted by Gasteiger charge is 2.44. The number of carbonyl (C=O) groups excluding carboxylic acids is 5. The summed E-state index contributed by atoms with van der Waals surface area (Å²) in [4.78, 5) is 71.0. The Kier molecular flexibility index (Phi) is 13.8. The smallest absolute Gasteiger partial charge is 0.246 e. The van der Waals surface area contributed by atoms with Gasteiger partial charge in [0.05, 0.1) is 11.4 Å². The number of carbonyl (C=O) groups is 5. The molecule has 6 N–H and O–H groups in total. The van der Waals surface area contributed by atoms with Crippen LogP contribution < -0.4 is 27.0 Å². The minimum absolute atomic E-state index is 0.0666.